The molecule has 3 heterocycles. The Morgan fingerprint density at radius 3 is 2.55 bits per heavy atom. The Labute approximate surface area is 222 Å². The van der Waals surface area contributed by atoms with Crippen LogP contribution >= 0.6 is 0 Å². The molecule has 0 bridgehead atoms. The van der Waals surface area contributed by atoms with Gasteiger partial charge >= 0.3 is 0 Å². The Balaban J connectivity index is 1.40. The molecule has 1 N–H and O–H groups in total. The second-order valence-corrected chi connectivity index (χ2v) is 10.6. The predicted octanol–water partition coefficient (Wildman–Crippen LogP) is 4.17. The predicted molar refractivity (Wildman–Crippen MR) is 148 cm³/mol. The van der Waals surface area contributed by atoms with Gasteiger partial charge in [-0.1, -0.05) is 31.0 Å². The van der Waals surface area contributed by atoms with Crippen LogP contribution in [-0.2, 0) is 0 Å². The molecule has 2 aromatic heterocycles. The van der Waals surface area contributed by atoms with Crippen LogP contribution in [0.5, 0.6) is 5.75 Å². The number of nitrogens with one attached hydrogen (secondary N) is 1. The van der Waals surface area contributed by atoms with E-state index in [1.807, 2.05) is 28.9 Å². The third-order valence-electron chi connectivity index (χ3n) is 8.17. The van der Waals surface area contributed by atoms with E-state index in [1.54, 1.807) is 7.11 Å². The Kier molecular flexibility index (Phi) is 6.61. The summed E-state index contributed by atoms with van der Waals surface area (Å²) >= 11 is 0. The molecule has 1 saturated carbocycles. The minimum atomic E-state index is -0.334. The number of tetrazole rings is 1. The molecule has 198 valence electrons. The van der Waals surface area contributed by atoms with E-state index in [1.165, 1.54) is 12.8 Å². The molecular formula is C29H35N7O2. The van der Waals surface area contributed by atoms with Gasteiger partial charge in [0.25, 0.3) is 5.56 Å². The molecule has 1 atom stereocenters. The summed E-state index contributed by atoms with van der Waals surface area (Å²) in [7, 11) is 1.71. The zero-order valence-corrected chi connectivity index (χ0v) is 22.4. The molecule has 0 amide bonds. The molecule has 38 heavy (non-hydrogen) atoms. The third-order valence-corrected chi connectivity index (χ3v) is 8.17. The van der Waals surface area contributed by atoms with Crippen LogP contribution in [0.15, 0.2) is 47.3 Å². The lowest BCUT2D eigenvalue weighted by atomic mass is 9.99. The number of hydrogen-bond acceptors (Lipinski definition) is 7. The quantitative estimate of drug-likeness (QED) is 0.414. The van der Waals surface area contributed by atoms with E-state index in [0.717, 1.165) is 78.3 Å². The summed E-state index contributed by atoms with van der Waals surface area (Å²) in [5.74, 6) is 1.64. The number of aromatic amines is 1. The zero-order chi connectivity index (χ0) is 26.2. The van der Waals surface area contributed by atoms with Gasteiger partial charge in [0.2, 0.25) is 0 Å². The standard InChI is InChI=1S/C29H35N7O2/c1-19-16-20(2)22-18-23(29(37)30-24(22)17-19)27(28-31-32-33-36(28)21-8-4-5-9-21)35-14-12-34(13-15-35)25-10-6-7-11-26(25)38-3/h6-7,10-11,16-18,21,27H,4-5,8-9,12-15H2,1-3H3,(H,30,37). The van der Waals surface area contributed by atoms with E-state index in [9.17, 15) is 4.79 Å². The first-order valence-electron chi connectivity index (χ1n) is 13.6. The molecule has 9 heteroatoms. The molecule has 0 radical (unpaired) electrons. The lowest BCUT2D eigenvalue weighted by Crippen LogP contribution is -2.49. The molecule has 9 nitrogen and oxygen atoms in total. The molecule has 1 aliphatic heterocycles. The summed E-state index contributed by atoms with van der Waals surface area (Å²) in [6.07, 6.45) is 4.50. The number of benzene rings is 2. The molecule has 1 aliphatic carbocycles. The second kappa shape index (κ2) is 10.2. The number of para-hydroxylation sites is 2. The van der Waals surface area contributed by atoms with Gasteiger partial charge in [0, 0.05) is 42.6 Å². The molecular weight excluding hydrogens is 478 g/mol. The molecule has 1 saturated heterocycles. The summed E-state index contributed by atoms with van der Waals surface area (Å²) in [5, 5.41) is 14.2. The number of H-pyrrole nitrogens is 1. The van der Waals surface area contributed by atoms with Crippen molar-refractivity contribution in [2.75, 3.05) is 38.2 Å². The van der Waals surface area contributed by atoms with Gasteiger partial charge in [0.15, 0.2) is 5.82 Å². The van der Waals surface area contributed by atoms with Crippen molar-refractivity contribution >= 4 is 16.6 Å². The Morgan fingerprint density at radius 1 is 1.03 bits per heavy atom. The molecule has 4 aromatic rings. The smallest absolute Gasteiger partial charge is 0.253 e. The lowest BCUT2D eigenvalue weighted by Gasteiger charge is -2.40. The molecule has 2 fully saturated rings. The Bertz CT molecular complexity index is 1500. The lowest BCUT2D eigenvalue weighted by molar-refractivity contribution is 0.196. The average Bonchev–Trinajstić information content (AvgIpc) is 3.62. The van der Waals surface area contributed by atoms with Crippen molar-refractivity contribution in [2.45, 2.75) is 51.6 Å². The maximum atomic E-state index is 13.6. The number of aromatic nitrogens is 5. The van der Waals surface area contributed by atoms with Crippen molar-refractivity contribution in [1.29, 1.82) is 0 Å². The van der Waals surface area contributed by atoms with Crippen LogP contribution in [0.3, 0.4) is 0 Å². The fourth-order valence-electron chi connectivity index (χ4n) is 6.29. The highest BCUT2D eigenvalue weighted by atomic mass is 16.5. The maximum absolute atomic E-state index is 13.6. The number of anilines is 1. The largest absolute Gasteiger partial charge is 0.495 e. The second-order valence-electron chi connectivity index (χ2n) is 10.6. The van der Waals surface area contributed by atoms with Gasteiger partial charge in [-0.25, -0.2) is 4.68 Å². The molecule has 0 spiro atoms. The number of nitrogens with zero attached hydrogens (tertiary/aromatic N) is 6. The van der Waals surface area contributed by atoms with Gasteiger partial charge in [0.05, 0.1) is 18.8 Å². The number of fused-ring (bicyclic) bond motifs is 1. The first kappa shape index (κ1) is 24.6. The van der Waals surface area contributed by atoms with Crippen LogP contribution in [0, 0.1) is 13.8 Å². The Morgan fingerprint density at radius 2 is 1.79 bits per heavy atom. The maximum Gasteiger partial charge on any atom is 0.253 e. The van der Waals surface area contributed by atoms with E-state index in [2.05, 4.69) is 62.4 Å². The summed E-state index contributed by atoms with van der Waals surface area (Å²) in [5.41, 5.74) is 4.85. The van der Waals surface area contributed by atoms with Crippen LogP contribution in [-0.4, -0.2) is 63.4 Å². The van der Waals surface area contributed by atoms with Crippen LogP contribution < -0.4 is 15.2 Å². The highest BCUT2D eigenvalue weighted by Gasteiger charge is 2.35. The topological polar surface area (TPSA) is 92.2 Å². The number of piperazine rings is 1. The summed E-state index contributed by atoms with van der Waals surface area (Å²) < 4.78 is 7.62. The van der Waals surface area contributed by atoms with Crippen molar-refractivity contribution in [3.05, 3.63) is 75.3 Å². The molecule has 2 aliphatic rings. The SMILES string of the molecule is COc1ccccc1N1CCN(C(c2cc3c(C)cc(C)cc3[nH]c2=O)c2nnnn2C2CCCC2)CC1. The van der Waals surface area contributed by atoms with E-state index >= 15 is 0 Å². The fraction of sp³-hybridized carbons (Fsp3) is 0.448. The highest BCUT2D eigenvalue weighted by molar-refractivity contribution is 5.83. The van der Waals surface area contributed by atoms with Crippen LogP contribution in [0.4, 0.5) is 5.69 Å². The average molecular weight is 514 g/mol. The van der Waals surface area contributed by atoms with Gasteiger partial charge in [-0.05, 0) is 72.5 Å². The van der Waals surface area contributed by atoms with E-state index in [4.69, 9.17) is 4.74 Å². The van der Waals surface area contributed by atoms with Gasteiger partial charge < -0.3 is 14.6 Å². The summed E-state index contributed by atoms with van der Waals surface area (Å²) in [6, 6.07) is 14.3. The summed E-state index contributed by atoms with van der Waals surface area (Å²) in [4.78, 5) is 21.5. The minimum Gasteiger partial charge on any atom is -0.495 e. The van der Waals surface area contributed by atoms with Crippen molar-refractivity contribution in [3.63, 3.8) is 0 Å². The van der Waals surface area contributed by atoms with Crippen molar-refractivity contribution in [2.24, 2.45) is 0 Å². The van der Waals surface area contributed by atoms with Gasteiger partial charge in [-0.3, -0.25) is 9.69 Å². The molecule has 1 unspecified atom stereocenters. The Hall–Kier alpha value is -3.72. The van der Waals surface area contributed by atoms with Crippen molar-refractivity contribution in [3.8, 4) is 5.75 Å². The first-order valence-corrected chi connectivity index (χ1v) is 13.6. The zero-order valence-electron chi connectivity index (χ0n) is 22.4. The number of pyridine rings is 1. The minimum absolute atomic E-state index is 0.0827. The number of aryl methyl sites for hydroxylation is 2. The van der Waals surface area contributed by atoms with Crippen LogP contribution in [0.2, 0.25) is 0 Å². The van der Waals surface area contributed by atoms with E-state index in [-0.39, 0.29) is 17.6 Å². The van der Waals surface area contributed by atoms with Crippen molar-refractivity contribution in [1.82, 2.24) is 30.1 Å². The fourth-order valence-corrected chi connectivity index (χ4v) is 6.29. The van der Waals surface area contributed by atoms with Gasteiger partial charge in [0.1, 0.15) is 11.8 Å². The highest BCUT2D eigenvalue weighted by Crippen LogP contribution is 2.35. The normalized spacial score (nSPS) is 17.8. The van der Waals surface area contributed by atoms with Crippen LogP contribution in [0.1, 0.15) is 60.3 Å². The van der Waals surface area contributed by atoms with Gasteiger partial charge in [-0.15, -0.1) is 5.10 Å². The molecule has 6 rings (SSSR count). The van der Waals surface area contributed by atoms with Crippen LogP contribution in [0.25, 0.3) is 10.9 Å². The number of ether oxygens (including phenoxy) is 1. The number of rotatable bonds is 6. The van der Waals surface area contributed by atoms with E-state index < -0.39 is 0 Å². The summed E-state index contributed by atoms with van der Waals surface area (Å²) in [6.45, 7) is 7.31. The monoisotopic (exact) mass is 513 g/mol. The first-order chi connectivity index (χ1) is 18.5. The van der Waals surface area contributed by atoms with Crippen molar-refractivity contribution < 1.29 is 4.74 Å². The number of methoxy groups -OCH3 is 1. The molecule has 2 aromatic carbocycles. The van der Waals surface area contributed by atoms with Gasteiger partial charge in [-0.2, -0.15) is 0 Å². The third kappa shape index (κ3) is 4.45. The number of hydrogen-bond donors (Lipinski definition) is 1. The van der Waals surface area contributed by atoms with E-state index in [0.29, 0.717) is 5.56 Å².